The van der Waals surface area contributed by atoms with Crippen molar-refractivity contribution in [2.45, 2.75) is 44.7 Å². The van der Waals surface area contributed by atoms with Crippen LogP contribution in [-0.2, 0) is 16.1 Å². The minimum atomic E-state index is -0.515. The number of carbonyl (C=O) groups is 2. The Kier molecular flexibility index (Phi) is 9.74. The van der Waals surface area contributed by atoms with Crippen LogP contribution < -0.4 is 10.1 Å². The zero-order valence-corrected chi connectivity index (χ0v) is 19.1. The number of carbonyl (C=O) groups excluding carboxylic acids is 2. The van der Waals surface area contributed by atoms with Crippen LogP contribution in [-0.4, -0.2) is 42.2 Å². The molecule has 0 radical (unpaired) electrons. The maximum Gasteiger partial charge on any atom is 0.242 e. The number of nitrogens with zero attached hydrogens (tertiary/aromatic N) is 1. The second-order valence-corrected chi connectivity index (χ2v) is 8.59. The first kappa shape index (κ1) is 23.8. The summed E-state index contributed by atoms with van der Waals surface area (Å²) in [6.45, 7) is 7.00. The topological polar surface area (TPSA) is 58.6 Å². The Hall–Kier alpha value is -2.47. The summed E-state index contributed by atoms with van der Waals surface area (Å²) in [6, 6.07) is 16.9. The Morgan fingerprint density at radius 3 is 2.47 bits per heavy atom. The molecule has 0 saturated heterocycles. The first-order valence-electron chi connectivity index (χ1n) is 10.3. The minimum absolute atomic E-state index is 0.0572. The normalized spacial score (nSPS) is 11.8. The summed E-state index contributed by atoms with van der Waals surface area (Å²) < 4.78 is 5.31. The molecule has 162 valence electrons. The highest BCUT2D eigenvalue weighted by Crippen LogP contribution is 2.21. The Bertz CT molecular complexity index is 811. The van der Waals surface area contributed by atoms with Crippen LogP contribution in [0.2, 0.25) is 0 Å². The fraction of sp³-hybridized carbons (Fsp3) is 0.417. The zero-order chi connectivity index (χ0) is 21.9. The first-order valence-corrected chi connectivity index (χ1v) is 11.3. The van der Waals surface area contributed by atoms with Gasteiger partial charge in [-0.05, 0) is 42.2 Å². The van der Waals surface area contributed by atoms with Gasteiger partial charge in [-0.2, -0.15) is 0 Å². The number of benzene rings is 2. The third kappa shape index (κ3) is 7.41. The van der Waals surface area contributed by atoms with Gasteiger partial charge in [-0.1, -0.05) is 51.1 Å². The molecule has 0 bridgehead atoms. The lowest BCUT2D eigenvalue weighted by Gasteiger charge is -2.31. The van der Waals surface area contributed by atoms with Gasteiger partial charge in [-0.15, -0.1) is 11.8 Å². The van der Waals surface area contributed by atoms with E-state index in [1.54, 1.807) is 12.0 Å². The molecule has 0 aliphatic rings. The van der Waals surface area contributed by atoms with Crippen molar-refractivity contribution in [3.05, 3.63) is 60.2 Å². The van der Waals surface area contributed by atoms with Crippen LogP contribution in [0.15, 0.2) is 59.5 Å². The molecule has 0 aliphatic heterocycles. The lowest BCUT2D eigenvalue weighted by atomic mass is 10.1. The van der Waals surface area contributed by atoms with Gasteiger partial charge in [0.05, 0.1) is 12.9 Å². The summed E-state index contributed by atoms with van der Waals surface area (Å²) in [7, 11) is 1.62. The molecule has 1 atom stereocenters. The SMILES string of the molecule is CC[C@@H](C(=O)NCC(C)C)N(Cc1cccc(OC)c1)C(=O)CSc1ccccc1. The summed E-state index contributed by atoms with van der Waals surface area (Å²) in [5.74, 6) is 1.20. The number of hydrogen-bond donors (Lipinski definition) is 1. The number of amides is 2. The summed E-state index contributed by atoms with van der Waals surface area (Å²) in [5, 5.41) is 2.99. The van der Waals surface area contributed by atoms with Crippen LogP contribution in [0.25, 0.3) is 0 Å². The van der Waals surface area contributed by atoms with E-state index in [4.69, 9.17) is 4.74 Å². The van der Waals surface area contributed by atoms with Crippen molar-refractivity contribution in [1.29, 1.82) is 0 Å². The third-order valence-corrected chi connectivity index (χ3v) is 5.66. The van der Waals surface area contributed by atoms with E-state index in [-0.39, 0.29) is 17.6 Å². The summed E-state index contributed by atoms with van der Waals surface area (Å²) in [5.41, 5.74) is 0.933. The van der Waals surface area contributed by atoms with Crippen LogP contribution in [0, 0.1) is 5.92 Å². The quantitative estimate of drug-likeness (QED) is 0.540. The molecule has 2 aromatic carbocycles. The summed E-state index contributed by atoms with van der Waals surface area (Å²) >= 11 is 1.49. The van der Waals surface area contributed by atoms with Crippen LogP contribution in [0.5, 0.6) is 5.75 Å². The molecule has 2 rings (SSSR count). The predicted octanol–water partition coefficient (Wildman–Crippen LogP) is 4.37. The van der Waals surface area contributed by atoms with E-state index in [2.05, 4.69) is 19.2 Å². The molecule has 0 unspecified atom stereocenters. The lowest BCUT2D eigenvalue weighted by Crippen LogP contribution is -2.50. The molecule has 0 aliphatic carbocycles. The molecule has 2 amide bonds. The van der Waals surface area contributed by atoms with E-state index >= 15 is 0 Å². The van der Waals surface area contributed by atoms with Gasteiger partial charge in [0.25, 0.3) is 0 Å². The van der Waals surface area contributed by atoms with Gasteiger partial charge in [0.1, 0.15) is 11.8 Å². The molecule has 6 heteroatoms. The van der Waals surface area contributed by atoms with Crippen LogP contribution in [0.4, 0.5) is 0 Å². The average molecular weight is 429 g/mol. The highest BCUT2D eigenvalue weighted by molar-refractivity contribution is 8.00. The number of nitrogens with one attached hydrogen (secondary N) is 1. The number of methoxy groups -OCH3 is 1. The standard InChI is InChI=1S/C24H32N2O3S/c1-5-22(24(28)25-15-18(2)3)26(16-19-10-9-11-20(14-19)29-4)23(27)17-30-21-12-7-6-8-13-21/h6-14,18,22H,5,15-17H2,1-4H3,(H,25,28)/t22-/m0/s1. The summed E-state index contributed by atoms with van der Waals surface area (Å²) in [6.07, 6.45) is 0.551. The second kappa shape index (κ2) is 12.3. The molecule has 5 nitrogen and oxygen atoms in total. The molecule has 0 heterocycles. The molecule has 0 saturated carbocycles. The molecule has 2 aromatic rings. The smallest absolute Gasteiger partial charge is 0.242 e. The summed E-state index contributed by atoms with van der Waals surface area (Å²) in [4.78, 5) is 28.8. The molecular formula is C24H32N2O3S. The monoisotopic (exact) mass is 428 g/mol. The van der Waals surface area contributed by atoms with Crippen molar-refractivity contribution in [3.63, 3.8) is 0 Å². The van der Waals surface area contributed by atoms with Crippen LogP contribution in [0.3, 0.4) is 0 Å². The maximum absolute atomic E-state index is 13.2. The van der Waals surface area contributed by atoms with Crippen LogP contribution >= 0.6 is 11.8 Å². The molecular weight excluding hydrogens is 396 g/mol. The van der Waals surface area contributed by atoms with Crippen molar-refractivity contribution < 1.29 is 14.3 Å². The average Bonchev–Trinajstić information content (AvgIpc) is 2.76. The van der Waals surface area contributed by atoms with Crippen LogP contribution in [0.1, 0.15) is 32.8 Å². The van der Waals surface area contributed by atoms with Gasteiger partial charge < -0.3 is 15.0 Å². The van der Waals surface area contributed by atoms with Gasteiger partial charge in [0, 0.05) is 18.0 Å². The Labute approximate surface area is 184 Å². The predicted molar refractivity (Wildman–Crippen MR) is 123 cm³/mol. The van der Waals surface area contributed by atoms with Gasteiger partial charge in [-0.3, -0.25) is 9.59 Å². The van der Waals surface area contributed by atoms with Gasteiger partial charge in [-0.25, -0.2) is 0 Å². The highest BCUT2D eigenvalue weighted by Gasteiger charge is 2.28. The van der Waals surface area contributed by atoms with Gasteiger partial charge >= 0.3 is 0 Å². The van der Waals surface area contributed by atoms with E-state index < -0.39 is 6.04 Å². The fourth-order valence-electron chi connectivity index (χ4n) is 3.05. The first-order chi connectivity index (χ1) is 14.4. The number of thioether (sulfide) groups is 1. The second-order valence-electron chi connectivity index (χ2n) is 7.54. The third-order valence-electron chi connectivity index (χ3n) is 4.66. The van der Waals surface area contributed by atoms with E-state index in [1.807, 2.05) is 61.5 Å². The number of ether oxygens (including phenoxy) is 1. The number of hydrogen-bond acceptors (Lipinski definition) is 4. The van der Waals surface area contributed by atoms with Gasteiger partial charge in [0.15, 0.2) is 0 Å². The molecule has 30 heavy (non-hydrogen) atoms. The Morgan fingerprint density at radius 2 is 1.83 bits per heavy atom. The Morgan fingerprint density at radius 1 is 1.10 bits per heavy atom. The maximum atomic E-state index is 13.2. The zero-order valence-electron chi connectivity index (χ0n) is 18.3. The molecule has 0 fully saturated rings. The van der Waals surface area contributed by atoms with Crippen molar-refractivity contribution >= 4 is 23.6 Å². The van der Waals surface area contributed by atoms with E-state index in [9.17, 15) is 9.59 Å². The number of rotatable bonds is 11. The molecule has 1 N–H and O–H groups in total. The van der Waals surface area contributed by atoms with E-state index in [1.165, 1.54) is 11.8 Å². The highest BCUT2D eigenvalue weighted by atomic mass is 32.2. The minimum Gasteiger partial charge on any atom is -0.497 e. The van der Waals surface area contributed by atoms with Crippen molar-refractivity contribution in [1.82, 2.24) is 10.2 Å². The van der Waals surface area contributed by atoms with Crippen molar-refractivity contribution in [2.24, 2.45) is 5.92 Å². The van der Waals surface area contributed by atoms with E-state index in [0.29, 0.717) is 25.4 Å². The molecule has 0 spiro atoms. The fourth-order valence-corrected chi connectivity index (χ4v) is 3.86. The van der Waals surface area contributed by atoms with Gasteiger partial charge in [0.2, 0.25) is 11.8 Å². The molecule has 0 aromatic heterocycles. The Balaban J connectivity index is 2.20. The largest absolute Gasteiger partial charge is 0.497 e. The lowest BCUT2D eigenvalue weighted by molar-refractivity contribution is -0.139. The van der Waals surface area contributed by atoms with Crippen molar-refractivity contribution in [3.8, 4) is 5.75 Å². The van der Waals surface area contributed by atoms with E-state index in [0.717, 1.165) is 16.2 Å². The van der Waals surface area contributed by atoms with Crippen molar-refractivity contribution in [2.75, 3.05) is 19.4 Å².